The fraction of sp³-hybridized carbons (Fsp3) is 0. The second kappa shape index (κ2) is 5.80. The van der Waals surface area contributed by atoms with Crippen molar-refractivity contribution in [3.63, 3.8) is 0 Å². The van der Waals surface area contributed by atoms with Crippen LogP contribution in [0.4, 0.5) is 0 Å². The third-order valence-electron chi connectivity index (χ3n) is 4.64. The van der Waals surface area contributed by atoms with Crippen LogP contribution in [-0.2, 0) is 0 Å². The molecular weight excluding hydrogens is 389 g/mol. The van der Waals surface area contributed by atoms with Crippen molar-refractivity contribution in [2.24, 2.45) is 0 Å². The predicted molar refractivity (Wildman–Crippen MR) is 103 cm³/mol. The zero-order valence-corrected chi connectivity index (χ0v) is 15.4. The van der Waals surface area contributed by atoms with E-state index in [1.54, 1.807) is 30.3 Å². The average Bonchev–Trinajstić information content (AvgIpc) is 3.36. The van der Waals surface area contributed by atoms with Crippen LogP contribution < -0.4 is 0 Å². The topological polar surface area (TPSA) is 39.1 Å². The fourth-order valence-electron chi connectivity index (χ4n) is 3.37. The van der Waals surface area contributed by atoms with Gasteiger partial charge in [-0.05, 0) is 0 Å². The van der Waals surface area contributed by atoms with Crippen molar-refractivity contribution >= 4 is 43.0 Å². The van der Waals surface area contributed by atoms with Crippen LogP contribution in [0.15, 0.2) is 78.5 Å². The average molecular weight is 402 g/mol. The second-order valence-electron chi connectivity index (χ2n) is 6.18. The molecule has 0 amide bonds. The molecule has 0 saturated heterocycles. The molecule has 1 aliphatic carbocycles. The molecule has 1 aliphatic rings. The number of rotatable bonds is 2. The Hall–Kier alpha value is -2.94. The third-order valence-corrected chi connectivity index (χ3v) is 6.81. The van der Waals surface area contributed by atoms with Gasteiger partial charge >= 0.3 is 156 Å². The number of ketones is 2. The van der Waals surface area contributed by atoms with Gasteiger partial charge in [-0.2, -0.15) is 0 Å². The van der Waals surface area contributed by atoms with Crippen molar-refractivity contribution in [3.05, 3.63) is 94.1 Å². The van der Waals surface area contributed by atoms with Gasteiger partial charge in [0, 0.05) is 0 Å². The SMILES string of the molecule is O=C1C(=Cc2ccc(-n3ccc4ccccc43)[se]2)C(=O)c2ccccc21. The summed E-state index contributed by atoms with van der Waals surface area (Å²) in [6.45, 7) is 0. The molecule has 0 saturated carbocycles. The van der Waals surface area contributed by atoms with Crippen molar-refractivity contribution in [2.45, 2.75) is 0 Å². The molecule has 5 rings (SSSR count). The van der Waals surface area contributed by atoms with Gasteiger partial charge in [0.2, 0.25) is 0 Å². The molecule has 0 fully saturated rings. The van der Waals surface area contributed by atoms with Crippen LogP contribution in [0.1, 0.15) is 25.2 Å². The number of fused-ring (bicyclic) bond motifs is 2. The van der Waals surface area contributed by atoms with Gasteiger partial charge in [0.15, 0.2) is 0 Å². The Bertz CT molecular complexity index is 1190. The first kappa shape index (κ1) is 15.3. The molecule has 0 aliphatic heterocycles. The Morgan fingerprint density at radius 2 is 1.46 bits per heavy atom. The van der Waals surface area contributed by atoms with E-state index in [1.807, 2.05) is 18.2 Å². The number of carbonyl (C=O) groups is 2. The number of aromatic nitrogens is 1. The van der Waals surface area contributed by atoms with E-state index >= 15 is 0 Å². The van der Waals surface area contributed by atoms with E-state index in [4.69, 9.17) is 0 Å². The summed E-state index contributed by atoms with van der Waals surface area (Å²) in [6, 6.07) is 21.5. The number of allylic oxidation sites excluding steroid dienone is 1. The van der Waals surface area contributed by atoms with Gasteiger partial charge in [-0.1, -0.05) is 0 Å². The van der Waals surface area contributed by atoms with Gasteiger partial charge in [0.05, 0.1) is 0 Å². The number of nitrogens with zero attached hydrogens (tertiary/aromatic N) is 1. The summed E-state index contributed by atoms with van der Waals surface area (Å²) in [5.41, 5.74) is 2.48. The van der Waals surface area contributed by atoms with Gasteiger partial charge in [-0.25, -0.2) is 0 Å². The Morgan fingerprint density at radius 1 is 0.769 bits per heavy atom. The molecule has 0 atom stereocenters. The summed E-state index contributed by atoms with van der Waals surface area (Å²) in [6.07, 6.45) is 3.85. The maximum absolute atomic E-state index is 12.5. The summed E-state index contributed by atoms with van der Waals surface area (Å²) < 4.78 is 4.42. The van der Waals surface area contributed by atoms with E-state index < -0.39 is 0 Å². The normalized spacial score (nSPS) is 13.5. The zero-order chi connectivity index (χ0) is 17.7. The number of hydrogen-bond acceptors (Lipinski definition) is 2. The van der Waals surface area contributed by atoms with Crippen LogP contribution in [-0.4, -0.2) is 30.6 Å². The van der Waals surface area contributed by atoms with E-state index in [1.165, 1.54) is 15.5 Å². The van der Waals surface area contributed by atoms with Gasteiger partial charge in [0.25, 0.3) is 0 Å². The number of Topliss-reactive ketones (excluding diaryl/α,β-unsaturated/α-hetero) is 2. The molecular formula is C22H13NO2Se. The minimum absolute atomic E-state index is 0.0458. The molecule has 2 aromatic carbocycles. The molecule has 2 heterocycles. The van der Waals surface area contributed by atoms with Crippen LogP contribution in [0.3, 0.4) is 0 Å². The molecule has 0 spiro atoms. The van der Waals surface area contributed by atoms with E-state index in [-0.39, 0.29) is 31.6 Å². The maximum atomic E-state index is 12.5. The van der Waals surface area contributed by atoms with E-state index in [2.05, 4.69) is 35.0 Å². The first-order valence-electron chi connectivity index (χ1n) is 8.29. The van der Waals surface area contributed by atoms with Crippen molar-refractivity contribution in [1.29, 1.82) is 0 Å². The van der Waals surface area contributed by atoms with Gasteiger partial charge in [0.1, 0.15) is 0 Å². The molecule has 4 aromatic rings. The van der Waals surface area contributed by atoms with Crippen molar-refractivity contribution in [3.8, 4) is 4.56 Å². The standard InChI is InChI=1S/C22H13NO2Se/c24-21-16-6-2-3-7-17(16)22(25)18(21)13-15-9-10-20(26-15)23-12-11-14-5-1-4-8-19(14)23/h1-13H. The molecule has 0 bridgehead atoms. The zero-order valence-electron chi connectivity index (χ0n) is 13.7. The molecule has 0 unspecified atom stereocenters. The third kappa shape index (κ3) is 2.27. The molecule has 26 heavy (non-hydrogen) atoms. The summed E-state index contributed by atoms with van der Waals surface area (Å²) >= 11 is 0.0458. The number of para-hydroxylation sites is 1. The Balaban J connectivity index is 1.55. The predicted octanol–water partition coefficient (Wildman–Crippen LogP) is 4.15. The first-order valence-corrected chi connectivity index (χ1v) is 10.00. The quantitative estimate of drug-likeness (QED) is 0.287. The van der Waals surface area contributed by atoms with Crippen molar-refractivity contribution in [2.75, 3.05) is 0 Å². The van der Waals surface area contributed by atoms with Crippen LogP contribution in [0.25, 0.3) is 21.5 Å². The van der Waals surface area contributed by atoms with Gasteiger partial charge < -0.3 is 0 Å². The summed E-state index contributed by atoms with van der Waals surface area (Å²) in [5.74, 6) is -0.329. The number of hydrogen-bond donors (Lipinski definition) is 0. The number of carbonyl (C=O) groups excluding carboxylic acids is 2. The monoisotopic (exact) mass is 403 g/mol. The second-order valence-corrected chi connectivity index (χ2v) is 8.48. The van der Waals surface area contributed by atoms with Crippen LogP contribution in [0, 0.1) is 0 Å². The summed E-state index contributed by atoms with van der Waals surface area (Å²) in [5, 5.41) is 1.20. The van der Waals surface area contributed by atoms with E-state index in [0.717, 1.165) is 4.44 Å². The fourth-order valence-corrected chi connectivity index (χ4v) is 5.36. The van der Waals surface area contributed by atoms with Crippen LogP contribution in [0.5, 0.6) is 0 Å². The molecule has 0 N–H and O–H groups in total. The van der Waals surface area contributed by atoms with Crippen LogP contribution in [0.2, 0.25) is 0 Å². The van der Waals surface area contributed by atoms with Crippen LogP contribution >= 0.6 is 0 Å². The molecule has 3 nitrogen and oxygen atoms in total. The van der Waals surface area contributed by atoms with Gasteiger partial charge in [-0.15, -0.1) is 0 Å². The van der Waals surface area contributed by atoms with Crippen molar-refractivity contribution in [1.82, 2.24) is 4.57 Å². The summed E-state index contributed by atoms with van der Waals surface area (Å²) in [7, 11) is 0. The minimum atomic E-state index is -0.165. The first-order chi connectivity index (χ1) is 12.7. The molecule has 4 heteroatoms. The molecule has 124 valence electrons. The Morgan fingerprint density at radius 3 is 2.23 bits per heavy atom. The number of benzene rings is 2. The van der Waals surface area contributed by atoms with E-state index in [9.17, 15) is 9.59 Å². The van der Waals surface area contributed by atoms with E-state index in [0.29, 0.717) is 11.1 Å². The van der Waals surface area contributed by atoms with Crippen molar-refractivity contribution < 1.29 is 9.59 Å². The Kier molecular flexibility index (Phi) is 3.42. The molecule has 0 radical (unpaired) electrons. The van der Waals surface area contributed by atoms with Gasteiger partial charge in [-0.3, -0.25) is 0 Å². The summed E-state index contributed by atoms with van der Waals surface area (Å²) in [4.78, 5) is 25.1. The Labute approximate surface area is 155 Å². The molecule has 2 aromatic heterocycles.